The van der Waals surface area contributed by atoms with Crippen LogP contribution in [0, 0.1) is 6.92 Å². The van der Waals surface area contributed by atoms with Gasteiger partial charge < -0.3 is 19.3 Å². The number of phenols is 1. The van der Waals surface area contributed by atoms with Gasteiger partial charge in [-0.05, 0) is 38.6 Å². The number of fused-ring (bicyclic) bond motifs is 2. The Kier molecular flexibility index (Phi) is 6.09. The van der Waals surface area contributed by atoms with Crippen LogP contribution >= 0.6 is 11.3 Å². The zero-order valence-corrected chi connectivity index (χ0v) is 20.0. The number of piperidine rings is 2. The van der Waals surface area contributed by atoms with Gasteiger partial charge in [-0.25, -0.2) is 4.68 Å². The Labute approximate surface area is 196 Å². The van der Waals surface area contributed by atoms with Crippen molar-refractivity contribution < 1.29 is 19.3 Å². The minimum Gasteiger partial charge on any atom is -0.507 e. The molecule has 1 aromatic carbocycles. The summed E-state index contributed by atoms with van der Waals surface area (Å²) in [5.41, 5.74) is 2.32. The Morgan fingerprint density at radius 3 is 2.64 bits per heavy atom. The number of ether oxygens (including phenoxy) is 3. The van der Waals surface area contributed by atoms with E-state index in [1.165, 1.54) is 11.3 Å². The largest absolute Gasteiger partial charge is 0.507 e. The molecule has 2 aliphatic rings. The molecule has 10 heteroatoms. The highest BCUT2D eigenvalue weighted by Crippen LogP contribution is 2.39. The number of likely N-dealkylation sites (N-methyl/N-ethyl adjacent to an activating group) is 1. The molecule has 0 aliphatic carbocycles. The number of methoxy groups -OCH3 is 2. The summed E-state index contributed by atoms with van der Waals surface area (Å²) in [6.45, 7) is 1.93. The van der Waals surface area contributed by atoms with Gasteiger partial charge in [0.1, 0.15) is 11.9 Å². The van der Waals surface area contributed by atoms with Crippen LogP contribution in [0.5, 0.6) is 10.9 Å². The minimum atomic E-state index is 0.0154. The Balaban J connectivity index is 1.30. The van der Waals surface area contributed by atoms with E-state index in [-0.39, 0.29) is 30.1 Å². The quantitative estimate of drug-likeness (QED) is 0.586. The molecule has 0 spiro atoms. The van der Waals surface area contributed by atoms with Crippen LogP contribution < -0.4 is 4.74 Å². The van der Waals surface area contributed by atoms with Crippen molar-refractivity contribution in [2.24, 2.45) is 0 Å². The number of aromatic hydroxyl groups is 1. The zero-order valence-electron chi connectivity index (χ0n) is 19.2. The first kappa shape index (κ1) is 22.3. The van der Waals surface area contributed by atoms with E-state index in [1.807, 2.05) is 31.3 Å². The second-order valence-corrected chi connectivity index (χ2v) is 9.72. The van der Waals surface area contributed by atoms with Crippen LogP contribution in [-0.2, 0) is 9.47 Å². The van der Waals surface area contributed by atoms with Gasteiger partial charge in [0.2, 0.25) is 0 Å². The number of nitrogens with zero attached hydrogens (tertiary/aromatic N) is 5. The molecule has 9 nitrogen and oxygen atoms in total. The SMILES string of the molecule is COC1CC2CC(Oc3nnc(-c4ccc(-n5ccc(C)n5)cc4O)s3)CC(C1OC)N2C. The molecular formula is C23H29N5O4S. The summed E-state index contributed by atoms with van der Waals surface area (Å²) >= 11 is 1.34. The third kappa shape index (κ3) is 4.23. The van der Waals surface area contributed by atoms with Gasteiger partial charge in [-0.3, -0.25) is 4.90 Å². The van der Waals surface area contributed by atoms with Crippen LogP contribution in [0.4, 0.5) is 0 Å². The maximum atomic E-state index is 10.6. The molecule has 1 N–H and O–H groups in total. The first-order valence-corrected chi connectivity index (χ1v) is 11.9. The lowest BCUT2D eigenvalue weighted by Gasteiger charge is -2.52. The molecule has 0 radical (unpaired) electrons. The molecule has 2 fully saturated rings. The highest BCUT2D eigenvalue weighted by molar-refractivity contribution is 7.16. The average molecular weight is 472 g/mol. The maximum Gasteiger partial charge on any atom is 0.294 e. The Hall–Kier alpha value is -2.53. The van der Waals surface area contributed by atoms with Gasteiger partial charge in [-0.2, -0.15) is 5.10 Å². The maximum absolute atomic E-state index is 10.6. The van der Waals surface area contributed by atoms with Crippen LogP contribution in [0.15, 0.2) is 30.5 Å². The second kappa shape index (κ2) is 9.02. The monoisotopic (exact) mass is 471 g/mol. The highest BCUT2D eigenvalue weighted by Gasteiger charge is 2.47. The van der Waals surface area contributed by atoms with Crippen LogP contribution in [0.1, 0.15) is 25.0 Å². The lowest BCUT2D eigenvalue weighted by atomic mass is 9.80. The van der Waals surface area contributed by atoms with Gasteiger partial charge >= 0.3 is 0 Å². The summed E-state index contributed by atoms with van der Waals surface area (Å²) in [6.07, 6.45) is 4.67. The summed E-state index contributed by atoms with van der Waals surface area (Å²) in [7, 11) is 5.66. The van der Waals surface area contributed by atoms with E-state index in [9.17, 15) is 5.11 Å². The fraction of sp³-hybridized carbons (Fsp3) is 0.522. The third-order valence-electron chi connectivity index (χ3n) is 6.84. The molecule has 0 amide bonds. The van der Waals surface area contributed by atoms with Crippen molar-refractivity contribution in [2.75, 3.05) is 21.3 Å². The fourth-order valence-electron chi connectivity index (χ4n) is 5.10. The van der Waals surface area contributed by atoms with Crippen molar-refractivity contribution in [1.29, 1.82) is 0 Å². The van der Waals surface area contributed by atoms with Crippen molar-refractivity contribution in [3.63, 3.8) is 0 Å². The van der Waals surface area contributed by atoms with E-state index in [1.54, 1.807) is 25.0 Å². The molecule has 2 aliphatic heterocycles. The normalized spacial score (nSPS) is 27.6. The molecule has 176 valence electrons. The first-order valence-electron chi connectivity index (χ1n) is 11.1. The summed E-state index contributed by atoms with van der Waals surface area (Å²) in [5, 5.41) is 24.6. The Morgan fingerprint density at radius 2 is 1.94 bits per heavy atom. The van der Waals surface area contributed by atoms with Gasteiger partial charge in [0.05, 0.1) is 29.2 Å². The van der Waals surface area contributed by atoms with Gasteiger partial charge in [0.25, 0.3) is 5.19 Å². The lowest BCUT2D eigenvalue weighted by Crippen LogP contribution is -2.63. The van der Waals surface area contributed by atoms with E-state index in [0.29, 0.717) is 21.8 Å². The summed E-state index contributed by atoms with van der Waals surface area (Å²) < 4.78 is 19.5. The molecule has 2 saturated heterocycles. The summed E-state index contributed by atoms with van der Waals surface area (Å²) in [4.78, 5) is 2.40. The minimum absolute atomic E-state index is 0.0154. The summed E-state index contributed by atoms with van der Waals surface area (Å²) in [6, 6.07) is 7.94. The van der Waals surface area contributed by atoms with Crippen molar-refractivity contribution >= 4 is 11.3 Å². The van der Waals surface area contributed by atoms with Gasteiger partial charge in [-0.1, -0.05) is 16.4 Å². The van der Waals surface area contributed by atoms with Crippen LogP contribution in [-0.4, -0.2) is 81.6 Å². The predicted molar refractivity (Wildman–Crippen MR) is 124 cm³/mol. The van der Waals surface area contributed by atoms with E-state index in [0.717, 1.165) is 30.6 Å². The van der Waals surface area contributed by atoms with E-state index < -0.39 is 0 Å². The highest BCUT2D eigenvalue weighted by atomic mass is 32.1. The predicted octanol–water partition coefficient (Wildman–Crippen LogP) is 3.05. The fourth-order valence-corrected chi connectivity index (χ4v) is 5.89. The molecule has 3 aromatic rings. The number of aryl methyl sites for hydroxylation is 1. The number of benzene rings is 1. The molecule has 2 aromatic heterocycles. The van der Waals surface area contributed by atoms with Gasteiger partial charge in [-0.15, -0.1) is 5.10 Å². The number of rotatable bonds is 6. The molecular weight excluding hydrogens is 442 g/mol. The molecule has 5 unspecified atom stereocenters. The smallest absolute Gasteiger partial charge is 0.294 e. The number of phenolic OH excluding ortho intramolecular Hbond substituents is 1. The Bertz CT molecular complexity index is 1120. The Morgan fingerprint density at radius 1 is 1.09 bits per heavy atom. The second-order valence-electron chi connectivity index (χ2n) is 8.78. The van der Waals surface area contributed by atoms with Crippen molar-refractivity contribution in [1.82, 2.24) is 24.9 Å². The van der Waals surface area contributed by atoms with E-state index in [2.05, 4.69) is 27.2 Å². The van der Waals surface area contributed by atoms with Crippen LogP contribution in [0.25, 0.3) is 16.3 Å². The van der Waals surface area contributed by atoms with Gasteiger partial charge in [0.15, 0.2) is 5.01 Å². The molecule has 5 rings (SSSR count). The molecule has 0 saturated carbocycles. The first-order chi connectivity index (χ1) is 16.0. The standard InChI is InChI=1S/C23H29N5O4S/c1-13-7-8-28(26-13)14-5-6-17(19(29)10-14)22-24-25-23(33-22)32-16-9-15-11-20(30-3)21(31-4)18(12-16)27(15)2/h5-8,10,15-16,18,20-21,29H,9,11-12H2,1-4H3. The molecule has 33 heavy (non-hydrogen) atoms. The number of hydrogen-bond donors (Lipinski definition) is 1. The van der Waals surface area contributed by atoms with Crippen LogP contribution in [0.3, 0.4) is 0 Å². The van der Waals surface area contributed by atoms with Gasteiger partial charge in [0, 0.05) is 51.4 Å². The molecule has 4 heterocycles. The van der Waals surface area contributed by atoms with Crippen molar-refractivity contribution in [3.05, 3.63) is 36.2 Å². The number of aromatic nitrogens is 4. The van der Waals surface area contributed by atoms with E-state index in [4.69, 9.17) is 14.2 Å². The van der Waals surface area contributed by atoms with Crippen molar-refractivity contribution in [3.8, 4) is 27.2 Å². The van der Waals surface area contributed by atoms with E-state index >= 15 is 0 Å². The molecule has 5 atom stereocenters. The zero-order chi connectivity index (χ0) is 23.1. The third-order valence-corrected chi connectivity index (χ3v) is 7.68. The van der Waals surface area contributed by atoms with Crippen LogP contribution in [0.2, 0.25) is 0 Å². The lowest BCUT2D eigenvalue weighted by molar-refractivity contribution is -0.148. The summed E-state index contributed by atoms with van der Waals surface area (Å²) in [5.74, 6) is 0.130. The topological polar surface area (TPSA) is 94.8 Å². The molecule has 2 bridgehead atoms. The average Bonchev–Trinajstić information content (AvgIpc) is 3.43. The number of hydrogen-bond acceptors (Lipinski definition) is 9. The van der Waals surface area contributed by atoms with Crippen molar-refractivity contribution in [2.45, 2.75) is 56.6 Å².